The fourth-order valence-corrected chi connectivity index (χ4v) is 6.74. The molecule has 6 rings (SSSR count). The second kappa shape index (κ2) is 12.1. The fraction of sp³-hybridized carbons (Fsp3) is 0.343. The first kappa shape index (κ1) is 28.8. The van der Waals surface area contributed by atoms with Gasteiger partial charge in [-0.25, -0.2) is 9.18 Å². The molecule has 8 heteroatoms. The van der Waals surface area contributed by atoms with Crippen LogP contribution in [-0.2, 0) is 21.0 Å². The predicted molar refractivity (Wildman–Crippen MR) is 162 cm³/mol. The van der Waals surface area contributed by atoms with E-state index in [0.29, 0.717) is 43.6 Å². The number of hydrogen-bond acceptors (Lipinski definition) is 4. The van der Waals surface area contributed by atoms with Crippen LogP contribution in [0.5, 0.6) is 0 Å². The van der Waals surface area contributed by atoms with E-state index in [1.807, 2.05) is 70.2 Å². The van der Waals surface area contributed by atoms with Crippen LogP contribution in [0.1, 0.15) is 61.6 Å². The van der Waals surface area contributed by atoms with E-state index in [9.17, 15) is 14.0 Å². The van der Waals surface area contributed by atoms with Gasteiger partial charge < -0.3 is 0 Å². The van der Waals surface area contributed by atoms with Gasteiger partial charge in [0, 0.05) is 29.6 Å². The van der Waals surface area contributed by atoms with Gasteiger partial charge in [0.1, 0.15) is 11.5 Å². The molecule has 3 aliphatic heterocycles. The van der Waals surface area contributed by atoms with Gasteiger partial charge in [0.05, 0.1) is 17.2 Å². The second-order valence-electron chi connectivity index (χ2n) is 11.5. The second-order valence-corrected chi connectivity index (χ2v) is 11.5. The molecule has 0 aliphatic carbocycles. The molecule has 1 amide bonds. The van der Waals surface area contributed by atoms with Crippen molar-refractivity contribution in [3.05, 3.63) is 101 Å². The number of hydroxylamine groups is 1. The van der Waals surface area contributed by atoms with Crippen molar-refractivity contribution in [2.24, 2.45) is 0 Å². The number of nitrogens with zero attached hydrogens (tertiary/aromatic N) is 4. The third-order valence-electron chi connectivity index (χ3n) is 8.75. The van der Waals surface area contributed by atoms with Crippen molar-refractivity contribution in [1.29, 1.82) is 0 Å². The quantitative estimate of drug-likeness (QED) is 0.148. The lowest BCUT2D eigenvalue weighted by molar-refractivity contribution is -1.40. The number of para-hydroxylation sites is 1. The van der Waals surface area contributed by atoms with E-state index in [4.69, 9.17) is 11.3 Å². The Bertz CT molecular complexity index is 1600. The summed E-state index contributed by atoms with van der Waals surface area (Å²) in [4.78, 5) is 36.2. The van der Waals surface area contributed by atoms with Crippen molar-refractivity contribution >= 4 is 23.3 Å². The van der Waals surface area contributed by atoms with Gasteiger partial charge in [-0.3, -0.25) is 9.69 Å². The van der Waals surface area contributed by atoms with Crippen molar-refractivity contribution < 1.29 is 28.4 Å². The van der Waals surface area contributed by atoms with Gasteiger partial charge in [0.15, 0.2) is 11.9 Å². The predicted octanol–water partition coefficient (Wildman–Crippen LogP) is 5.39. The molecule has 220 valence electrons. The Hall–Kier alpha value is -4.32. The number of anilines is 1. The molecule has 43 heavy (non-hydrogen) atoms. The zero-order chi connectivity index (χ0) is 30.0. The summed E-state index contributed by atoms with van der Waals surface area (Å²) in [6.45, 7) is 1.00. The van der Waals surface area contributed by atoms with Gasteiger partial charge in [-0.1, -0.05) is 60.0 Å². The summed E-state index contributed by atoms with van der Waals surface area (Å²) in [5.74, 6) is 1.86. The Morgan fingerprint density at radius 2 is 1.79 bits per heavy atom. The van der Waals surface area contributed by atoms with E-state index in [-0.39, 0.29) is 17.7 Å². The van der Waals surface area contributed by atoms with Crippen LogP contribution in [-0.4, -0.2) is 57.7 Å². The molecule has 0 aromatic heterocycles. The number of quaternary nitrogens is 1. The molecule has 0 spiro atoms. The molecular formula is C35H37FN4O3+2. The van der Waals surface area contributed by atoms with E-state index in [1.54, 1.807) is 24.2 Å². The molecule has 3 atom stereocenters. The van der Waals surface area contributed by atoms with Crippen molar-refractivity contribution in [1.82, 2.24) is 4.90 Å². The van der Waals surface area contributed by atoms with E-state index >= 15 is 0 Å². The number of benzene rings is 3. The van der Waals surface area contributed by atoms with Crippen molar-refractivity contribution in [3.8, 4) is 12.3 Å². The maximum Gasteiger partial charge on any atom is 0.451 e. The minimum atomic E-state index is -0.590. The van der Waals surface area contributed by atoms with Gasteiger partial charge in [-0.05, 0) is 62.6 Å². The molecule has 3 aromatic carbocycles. The van der Waals surface area contributed by atoms with Crippen LogP contribution in [0, 0.1) is 18.2 Å². The van der Waals surface area contributed by atoms with Crippen molar-refractivity contribution in [2.75, 3.05) is 18.6 Å². The molecule has 0 N–H and O–H groups in total. The molecule has 0 radical (unpaired) electrons. The Morgan fingerprint density at radius 1 is 1.05 bits per heavy atom. The third-order valence-corrected chi connectivity index (χ3v) is 8.75. The highest BCUT2D eigenvalue weighted by atomic mass is 19.1. The fourth-order valence-electron chi connectivity index (χ4n) is 6.74. The number of rotatable bonds is 9. The molecule has 2 fully saturated rings. The summed E-state index contributed by atoms with van der Waals surface area (Å²) in [5.41, 5.74) is 3.86. The molecule has 3 aromatic rings. The summed E-state index contributed by atoms with van der Waals surface area (Å²) >= 11 is 0. The first-order chi connectivity index (χ1) is 20.9. The number of carbonyl (C=O) groups is 2. The number of fused-ring (bicyclic) bond motifs is 2. The number of hydrogen-bond donors (Lipinski definition) is 0. The number of halogens is 1. The lowest BCUT2D eigenvalue weighted by Gasteiger charge is -2.36. The zero-order valence-electron chi connectivity index (χ0n) is 24.5. The summed E-state index contributed by atoms with van der Waals surface area (Å²) in [6.07, 6.45) is 10.8. The molecule has 0 unspecified atom stereocenters. The zero-order valence-corrected chi connectivity index (χ0v) is 24.5. The molecule has 0 bridgehead atoms. The largest absolute Gasteiger partial charge is 0.451 e. The average molecular weight is 581 g/mol. The topological polar surface area (TPSA) is 52.9 Å². The number of amides is 1. The third kappa shape index (κ3) is 5.24. The Balaban J connectivity index is 1.43. The number of unbranched alkanes of at least 4 members (excludes halogenated alkanes) is 3. The average Bonchev–Trinajstić information content (AvgIpc) is 3.58. The number of carbonyl (C=O) groups excluding carboxylic acids is 2. The van der Waals surface area contributed by atoms with Gasteiger partial charge in [0.2, 0.25) is 0 Å². The summed E-state index contributed by atoms with van der Waals surface area (Å²) in [6, 6.07) is 23.3. The Morgan fingerprint density at radius 3 is 2.58 bits per heavy atom. The maximum absolute atomic E-state index is 14.7. The lowest BCUT2D eigenvalue weighted by atomic mass is 9.97. The van der Waals surface area contributed by atoms with Gasteiger partial charge in [-0.15, -0.1) is 12.3 Å². The number of likely N-dealkylation sites (tertiary alicyclic amines) is 1. The van der Waals surface area contributed by atoms with Crippen LogP contribution in [0.4, 0.5) is 10.1 Å². The van der Waals surface area contributed by atoms with E-state index in [2.05, 4.69) is 5.92 Å². The standard InChI is InChI=1S/C35H37FN4O3/c1-3-4-5-6-10-22-32-35(42)43-40(2)38(32)33(26-16-8-7-9-17-26)28-19-12-14-21-30(28)39(40)34(41)31-23-15-24-37(31)25-27-18-11-13-20-29(27)36/h1,7-9,11-14,16-21,31-32H,4-6,10,15,22-25H2,2H3/q+2/t31-,32+,40-/m0/s1. The van der Waals surface area contributed by atoms with E-state index < -0.39 is 16.9 Å². The maximum atomic E-state index is 14.7. The highest BCUT2D eigenvalue weighted by Crippen LogP contribution is 2.40. The minimum absolute atomic E-state index is 0.177. The molecule has 7 nitrogen and oxygen atoms in total. The molecule has 0 saturated carbocycles. The van der Waals surface area contributed by atoms with E-state index in [1.165, 1.54) is 6.07 Å². The van der Waals surface area contributed by atoms with Gasteiger partial charge in [-0.2, -0.15) is 4.84 Å². The molecular weight excluding hydrogens is 543 g/mol. The summed E-state index contributed by atoms with van der Waals surface area (Å²) < 4.78 is 16.6. The van der Waals surface area contributed by atoms with Crippen molar-refractivity contribution in [3.63, 3.8) is 0 Å². The first-order valence-electron chi connectivity index (χ1n) is 15.1. The van der Waals surface area contributed by atoms with Crippen LogP contribution in [0.2, 0.25) is 0 Å². The monoisotopic (exact) mass is 580 g/mol. The van der Waals surface area contributed by atoms with E-state index in [0.717, 1.165) is 42.5 Å². The van der Waals surface area contributed by atoms with Crippen LogP contribution in [0.15, 0.2) is 78.9 Å². The lowest BCUT2D eigenvalue weighted by Crippen LogP contribution is -2.68. The SMILES string of the molecule is C#CCCCCC[C@@H]1C(=O)O[N@+]2(C)N(C(=O)[C@@H]3CCCN3Cc3ccccc3F)c3ccccc3C(c3ccccc3)=[N+]12. The molecule has 3 aliphatic rings. The van der Waals surface area contributed by atoms with Crippen LogP contribution in [0.25, 0.3) is 0 Å². The highest BCUT2D eigenvalue weighted by Gasteiger charge is 2.68. The summed E-state index contributed by atoms with van der Waals surface area (Å²) in [5, 5.41) is 1.63. The molecule has 3 heterocycles. The number of terminal acetylenes is 1. The minimum Gasteiger partial charge on any atom is -0.287 e. The smallest absolute Gasteiger partial charge is 0.287 e. The van der Waals surface area contributed by atoms with Gasteiger partial charge >= 0.3 is 17.9 Å². The normalized spacial score (nSPS) is 23.1. The first-order valence-corrected chi connectivity index (χ1v) is 15.1. The summed E-state index contributed by atoms with van der Waals surface area (Å²) in [7, 11) is 1.77. The Labute approximate surface area is 252 Å². The molecule has 2 saturated heterocycles. The highest BCUT2D eigenvalue weighted by molar-refractivity contribution is 6.15. The Kier molecular flexibility index (Phi) is 8.11. The van der Waals surface area contributed by atoms with Crippen LogP contribution < -0.4 is 5.01 Å². The van der Waals surface area contributed by atoms with Crippen LogP contribution in [0.3, 0.4) is 0 Å². The van der Waals surface area contributed by atoms with Gasteiger partial charge in [0.25, 0.3) is 5.71 Å². The van der Waals surface area contributed by atoms with Crippen LogP contribution >= 0.6 is 0 Å². The van der Waals surface area contributed by atoms with Crippen molar-refractivity contribution in [2.45, 2.75) is 63.6 Å².